The van der Waals surface area contributed by atoms with Crippen LogP contribution >= 0.6 is 0 Å². The van der Waals surface area contributed by atoms with Gasteiger partial charge in [-0.1, -0.05) is 6.92 Å². The van der Waals surface area contributed by atoms with Crippen molar-refractivity contribution in [2.75, 3.05) is 26.7 Å². The minimum atomic E-state index is -4.38. The van der Waals surface area contributed by atoms with E-state index in [9.17, 15) is 18.0 Å². The maximum absolute atomic E-state index is 13.0. The van der Waals surface area contributed by atoms with Crippen molar-refractivity contribution in [1.29, 1.82) is 0 Å². The van der Waals surface area contributed by atoms with Crippen LogP contribution in [0.15, 0.2) is 23.2 Å². The second-order valence-electron chi connectivity index (χ2n) is 7.94. The SMILES string of the molecule is CCN(CCN(C)C1=Nc2ccc(C(F)(F)F)cc2C1C)C(=O)OC(C)(C)C. The van der Waals surface area contributed by atoms with E-state index in [1.807, 2.05) is 46.6 Å². The van der Waals surface area contributed by atoms with E-state index in [0.29, 0.717) is 36.7 Å². The Bertz CT molecular complexity index is 754. The van der Waals surface area contributed by atoms with Crippen LogP contribution in [-0.2, 0) is 10.9 Å². The van der Waals surface area contributed by atoms with Crippen molar-refractivity contribution in [2.24, 2.45) is 4.99 Å². The molecular weight excluding hydrogens is 371 g/mol. The van der Waals surface area contributed by atoms with Crippen LogP contribution in [0.5, 0.6) is 0 Å². The van der Waals surface area contributed by atoms with E-state index in [1.54, 1.807) is 4.90 Å². The number of nitrogens with zero attached hydrogens (tertiary/aromatic N) is 3. The number of amides is 1. The first-order chi connectivity index (χ1) is 12.8. The molecule has 1 atom stereocenters. The summed E-state index contributed by atoms with van der Waals surface area (Å²) in [6, 6.07) is 3.64. The minimum Gasteiger partial charge on any atom is -0.444 e. The van der Waals surface area contributed by atoms with Crippen LogP contribution in [0.4, 0.5) is 23.7 Å². The van der Waals surface area contributed by atoms with Crippen LogP contribution < -0.4 is 0 Å². The van der Waals surface area contributed by atoms with Gasteiger partial charge in [0.15, 0.2) is 0 Å². The number of hydrogen-bond donors (Lipinski definition) is 0. The lowest BCUT2D eigenvalue weighted by atomic mass is 9.98. The summed E-state index contributed by atoms with van der Waals surface area (Å²) in [7, 11) is 1.83. The number of aliphatic imine (C=N–C) groups is 1. The molecule has 2 rings (SSSR count). The van der Waals surface area contributed by atoms with Crippen LogP contribution in [0.1, 0.15) is 51.7 Å². The largest absolute Gasteiger partial charge is 0.444 e. The molecule has 0 N–H and O–H groups in total. The zero-order valence-electron chi connectivity index (χ0n) is 17.2. The van der Waals surface area contributed by atoms with Crippen molar-refractivity contribution in [3.05, 3.63) is 29.3 Å². The van der Waals surface area contributed by atoms with Gasteiger partial charge in [0.1, 0.15) is 11.4 Å². The Hall–Kier alpha value is -2.25. The van der Waals surface area contributed by atoms with Gasteiger partial charge in [-0.05, 0) is 51.5 Å². The van der Waals surface area contributed by atoms with Crippen molar-refractivity contribution in [1.82, 2.24) is 9.80 Å². The highest BCUT2D eigenvalue weighted by Crippen LogP contribution is 2.40. The molecule has 1 aliphatic heterocycles. The number of amidine groups is 1. The van der Waals surface area contributed by atoms with E-state index in [-0.39, 0.29) is 12.0 Å². The molecule has 0 aromatic heterocycles. The molecule has 0 fully saturated rings. The molecule has 0 saturated carbocycles. The lowest BCUT2D eigenvalue weighted by Crippen LogP contribution is -2.42. The first-order valence-corrected chi connectivity index (χ1v) is 9.32. The number of rotatable bonds is 4. The number of ether oxygens (including phenoxy) is 1. The second kappa shape index (κ2) is 8.01. The Morgan fingerprint density at radius 2 is 1.86 bits per heavy atom. The summed E-state index contributed by atoms with van der Waals surface area (Å²) in [6.07, 6.45) is -4.76. The van der Waals surface area contributed by atoms with E-state index in [0.717, 1.165) is 6.07 Å². The fourth-order valence-electron chi connectivity index (χ4n) is 3.04. The van der Waals surface area contributed by atoms with Crippen LogP contribution in [0, 0.1) is 0 Å². The Labute approximate surface area is 164 Å². The van der Waals surface area contributed by atoms with Crippen molar-refractivity contribution in [3.8, 4) is 0 Å². The van der Waals surface area contributed by atoms with Crippen molar-refractivity contribution < 1.29 is 22.7 Å². The molecule has 1 unspecified atom stereocenters. The van der Waals surface area contributed by atoms with E-state index in [2.05, 4.69) is 4.99 Å². The molecule has 0 radical (unpaired) electrons. The molecule has 0 spiro atoms. The van der Waals surface area contributed by atoms with Gasteiger partial charge in [-0.25, -0.2) is 9.79 Å². The van der Waals surface area contributed by atoms with E-state index < -0.39 is 17.3 Å². The quantitative estimate of drug-likeness (QED) is 0.712. The van der Waals surface area contributed by atoms with Gasteiger partial charge in [0, 0.05) is 32.6 Å². The number of fused-ring (bicyclic) bond motifs is 1. The smallest absolute Gasteiger partial charge is 0.416 e. The number of carbonyl (C=O) groups excluding carboxylic acids is 1. The number of alkyl halides is 3. The molecule has 0 saturated heterocycles. The number of hydrogen-bond acceptors (Lipinski definition) is 4. The Kier molecular flexibility index (Phi) is 6.31. The highest BCUT2D eigenvalue weighted by atomic mass is 19.4. The van der Waals surface area contributed by atoms with E-state index in [1.165, 1.54) is 12.1 Å². The molecule has 1 heterocycles. The Morgan fingerprint density at radius 1 is 1.21 bits per heavy atom. The fourth-order valence-corrected chi connectivity index (χ4v) is 3.04. The molecule has 1 aromatic rings. The van der Waals surface area contributed by atoms with Gasteiger partial charge in [-0.15, -0.1) is 0 Å². The maximum Gasteiger partial charge on any atom is 0.416 e. The molecule has 156 valence electrons. The summed E-state index contributed by atoms with van der Waals surface area (Å²) >= 11 is 0. The number of likely N-dealkylation sites (N-methyl/N-ethyl adjacent to an activating group) is 2. The summed E-state index contributed by atoms with van der Waals surface area (Å²) in [5, 5.41) is 0. The van der Waals surface area contributed by atoms with Gasteiger partial charge in [0.2, 0.25) is 0 Å². The molecule has 5 nitrogen and oxygen atoms in total. The van der Waals surface area contributed by atoms with Gasteiger partial charge in [-0.2, -0.15) is 13.2 Å². The standard InChI is InChI=1S/C20H28F3N3O2/c1-7-26(18(27)28-19(3,4)5)11-10-25(6)17-13(2)15-12-14(20(21,22)23)8-9-16(15)24-17/h8-9,12-13H,7,10-11H2,1-6H3. The third kappa shape index (κ3) is 5.17. The van der Waals surface area contributed by atoms with Crippen molar-refractivity contribution in [2.45, 2.75) is 52.3 Å². The summed E-state index contributed by atoms with van der Waals surface area (Å²) in [4.78, 5) is 20.2. The van der Waals surface area contributed by atoms with Gasteiger partial charge < -0.3 is 14.5 Å². The van der Waals surface area contributed by atoms with Crippen LogP contribution in [0.3, 0.4) is 0 Å². The van der Waals surface area contributed by atoms with Gasteiger partial charge in [0.05, 0.1) is 11.3 Å². The van der Waals surface area contributed by atoms with E-state index >= 15 is 0 Å². The Balaban J connectivity index is 2.05. The lowest BCUT2D eigenvalue weighted by Gasteiger charge is -2.29. The Morgan fingerprint density at radius 3 is 2.39 bits per heavy atom. The molecule has 8 heteroatoms. The number of carbonyl (C=O) groups is 1. The molecule has 1 aromatic carbocycles. The van der Waals surface area contributed by atoms with E-state index in [4.69, 9.17) is 4.74 Å². The molecule has 1 amide bonds. The first kappa shape index (κ1) is 22.0. The number of benzene rings is 1. The van der Waals surface area contributed by atoms with Gasteiger partial charge in [-0.3, -0.25) is 0 Å². The fraction of sp³-hybridized carbons (Fsp3) is 0.600. The monoisotopic (exact) mass is 399 g/mol. The van der Waals surface area contributed by atoms with Crippen LogP contribution in [-0.4, -0.2) is 54.0 Å². The zero-order valence-corrected chi connectivity index (χ0v) is 17.2. The summed E-state index contributed by atoms with van der Waals surface area (Å²) in [5.74, 6) is 0.438. The predicted octanol–water partition coefficient (Wildman–Crippen LogP) is 5.04. The van der Waals surface area contributed by atoms with Gasteiger partial charge in [0.25, 0.3) is 0 Å². The highest BCUT2D eigenvalue weighted by molar-refractivity contribution is 5.96. The average molecular weight is 399 g/mol. The normalized spacial score (nSPS) is 16.5. The summed E-state index contributed by atoms with van der Waals surface area (Å²) in [5.41, 5.74) is -0.115. The molecule has 1 aliphatic rings. The second-order valence-corrected chi connectivity index (χ2v) is 7.94. The van der Waals surface area contributed by atoms with Gasteiger partial charge >= 0.3 is 12.3 Å². The highest BCUT2D eigenvalue weighted by Gasteiger charge is 2.34. The molecule has 0 bridgehead atoms. The summed E-state index contributed by atoms with van der Waals surface area (Å²) in [6.45, 7) is 10.6. The molecule has 28 heavy (non-hydrogen) atoms. The van der Waals surface area contributed by atoms with Crippen LogP contribution in [0.2, 0.25) is 0 Å². The average Bonchev–Trinajstić information content (AvgIpc) is 2.89. The first-order valence-electron chi connectivity index (χ1n) is 9.32. The minimum absolute atomic E-state index is 0.251. The lowest BCUT2D eigenvalue weighted by molar-refractivity contribution is -0.137. The number of halogens is 3. The predicted molar refractivity (Wildman–Crippen MR) is 103 cm³/mol. The third-order valence-electron chi connectivity index (χ3n) is 4.57. The van der Waals surface area contributed by atoms with Crippen molar-refractivity contribution >= 4 is 17.6 Å². The maximum atomic E-state index is 13.0. The zero-order chi connectivity index (χ0) is 21.3. The molecule has 0 aliphatic carbocycles. The van der Waals surface area contributed by atoms with Crippen LogP contribution in [0.25, 0.3) is 0 Å². The third-order valence-corrected chi connectivity index (χ3v) is 4.57. The molecular formula is C20H28F3N3O2. The summed E-state index contributed by atoms with van der Waals surface area (Å²) < 4.78 is 44.3. The topological polar surface area (TPSA) is 45.1 Å². The van der Waals surface area contributed by atoms with Crippen molar-refractivity contribution in [3.63, 3.8) is 0 Å².